The Kier molecular flexibility index (Phi) is 8.23. The Bertz CT molecular complexity index is 841. The van der Waals surface area contributed by atoms with E-state index in [0.29, 0.717) is 12.3 Å². The minimum atomic E-state index is -2.44. The minimum Gasteiger partial charge on any atom is -0.460 e. The number of rotatable bonds is 10. The lowest BCUT2D eigenvalue weighted by Crippen LogP contribution is -2.66. The third-order valence-corrected chi connectivity index (χ3v) is 11.6. The highest BCUT2D eigenvalue weighted by Gasteiger charge is 2.51. The number of esters is 1. The van der Waals surface area contributed by atoms with Gasteiger partial charge in [-0.1, -0.05) is 94.3 Å². The second-order valence-corrected chi connectivity index (χ2v) is 15.9. The van der Waals surface area contributed by atoms with Gasteiger partial charge in [0.15, 0.2) is 0 Å². The van der Waals surface area contributed by atoms with Gasteiger partial charge in [-0.3, -0.25) is 4.79 Å². The molecule has 2 aromatic carbocycles. The average Bonchev–Trinajstić information content (AvgIpc) is 3.49. The van der Waals surface area contributed by atoms with E-state index in [-0.39, 0.29) is 11.0 Å². The summed E-state index contributed by atoms with van der Waals surface area (Å²) >= 11 is 0. The summed E-state index contributed by atoms with van der Waals surface area (Å²) in [5, 5.41) is 2.71. The van der Waals surface area contributed by atoms with Crippen molar-refractivity contribution < 1.29 is 14.0 Å². The molecule has 0 spiro atoms. The fourth-order valence-corrected chi connectivity index (χ4v) is 9.55. The summed E-state index contributed by atoms with van der Waals surface area (Å²) in [6, 6.07) is 21.8. The van der Waals surface area contributed by atoms with Gasteiger partial charge in [-0.15, -0.1) is 0 Å². The summed E-state index contributed by atoms with van der Waals surface area (Å²) in [4.78, 5) is 11.9. The maximum atomic E-state index is 11.9. The summed E-state index contributed by atoms with van der Waals surface area (Å²) in [5.74, 6) is 1.28. The summed E-state index contributed by atoms with van der Waals surface area (Å²) in [7, 11) is -2.44. The molecule has 0 unspecified atom stereocenters. The Hall–Kier alpha value is -1.91. The van der Waals surface area contributed by atoms with Gasteiger partial charge in [0.25, 0.3) is 8.32 Å². The Morgan fingerprint density at radius 2 is 1.39 bits per heavy atom. The average molecular weight is 467 g/mol. The second kappa shape index (κ2) is 10.6. The highest BCUT2D eigenvalue weighted by atomic mass is 28.4. The summed E-state index contributed by atoms with van der Waals surface area (Å²) in [5.41, 5.74) is -0.392. The van der Waals surface area contributed by atoms with Crippen molar-refractivity contribution in [2.45, 2.75) is 84.3 Å². The molecule has 3 nitrogen and oxygen atoms in total. The number of hydrogen-bond acceptors (Lipinski definition) is 3. The summed E-state index contributed by atoms with van der Waals surface area (Å²) in [6.45, 7) is 13.6. The van der Waals surface area contributed by atoms with E-state index in [1.165, 1.54) is 23.2 Å². The van der Waals surface area contributed by atoms with Crippen LogP contribution in [0.5, 0.6) is 0 Å². The molecule has 4 heteroatoms. The standard InChI is InChI=1S/C29H42O3Si/c1-28(2,3)32-27(30)20-14-13-15-23-21-24(23)22-31-33(29(4,5)6,25-16-9-7-10-17-25)26-18-11-8-12-19-26/h7-12,16-19,23-24H,13-15,20-22H2,1-6H3/t23-,24+/m0/s1. The van der Waals surface area contributed by atoms with E-state index in [4.69, 9.17) is 9.16 Å². The molecular formula is C29H42O3Si. The van der Waals surface area contributed by atoms with E-state index < -0.39 is 13.9 Å². The quantitative estimate of drug-likeness (QED) is 0.241. The Morgan fingerprint density at radius 3 is 1.88 bits per heavy atom. The predicted molar refractivity (Wildman–Crippen MR) is 139 cm³/mol. The zero-order chi connectivity index (χ0) is 24.1. The highest BCUT2D eigenvalue weighted by molar-refractivity contribution is 6.99. The van der Waals surface area contributed by atoms with Crippen molar-refractivity contribution in [2.75, 3.05) is 6.61 Å². The van der Waals surface area contributed by atoms with Gasteiger partial charge < -0.3 is 9.16 Å². The molecule has 1 aliphatic carbocycles. The van der Waals surface area contributed by atoms with Gasteiger partial charge in [-0.05, 0) is 60.9 Å². The van der Waals surface area contributed by atoms with Gasteiger partial charge in [0.1, 0.15) is 5.60 Å². The molecule has 1 saturated carbocycles. The van der Waals surface area contributed by atoms with Gasteiger partial charge in [0.2, 0.25) is 0 Å². The van der Waals surface area contributed by atoms with Crippen LogP contribution in [0.25, 0.3) is 0 Å². The largest absolute Gasteiger partial charge is 0.460 e. The van der Waals surface area contributed by atoms with E-state index in [2.05, 4.69) is 81.4 Å². The molecule has 3 rings (SSSR count). The molecule has 0 amide bonds. The molecule has 2 atom stereocenters. The number of carbonyl (C=O) groups excluding carboxylic acids is 1. The van der Waals surface area contributed by atoms with Crippen LogP contribution in [0, 0.1) is 11.8 Å². The molecule has 1 aliphatic rings. The summed E-state index contributed by atoms with van der Waals surface area (Å²) in [6.07, 6.45) is 4.93. The first-order chi connectivity index (χ1) is 15.5. The smallest absolute Gasteiger partial charge is 0.306 e. The molecule has 0 radical (unpaired) electrons. The van der Waals surface area contributed by atoms with Crippen molar-refractivity contribution >= 4 is 24.7 Å². The van der Waals surface area contributed by atoms with Crippen LogP contribution in [0.2, 0.25) is 5.04 Å². The number of benzene rings is 2. The van der Waals surface area contributed by atoms with Gasteiger partial charge in [-0.2, -0.15) is 0 Å². The monoisotopic (exact) mass is 466 g/mol. The van der Waals surface area contributed by atoms with Crippen LogP contribution < -0.4 is 10.4 Å². The molecule has 0 aromatic heterocycles. The van der Waals surface area contributed by atoms with Crippen molar-refractivity contribution in [3.05, 3.63) is 60.7 Å². The zero-order valence-electron chi connectivity index (χ0n) is 21.4. The van der Waals surface area contributed by atoms with Gasteiger partial charge in [0, 0.05) is 13.0 Å². The lowest BCUT2D eigenvalue weighted by Gasteiger charge is -2.43. The first-order valence-corrected chi connectivity index (χ1v) is 14.4. The van der Waals surface area contributed by atoms with E-state index in [1.807, 2.05) is 20.8 Å². The topological polar surface area (TPSA) is 35.5 Å². The van der Waals surface area contributed by atoms with Crippen LogP contribution in [-0.4, -0.2) is 26.5 Å². The molecule has 0 N–H and O–H groups in total. The van der Waals surface area contributed by atoms with Crippen LogP contribution in [0.15, 0.2) is 60.7 Å². The normalized spacial score (nSPS) is 18.7. The summed E-state index contributed by atoms with van der Waals surface area (Å²) < 4.78 is 12.5. The van der Waals surface area contributed by atoms with Crippen molar-refractivity contribution in [3.63, 3.8) is 0 Å². The number of unbranched alkanes of at least 4 members (excludes halogenated alkanes) is 1. The van der Waals surface area contributed by atoms with Crippen LogP contribution >= 0.6 is 0 Å². The Labute approximate surface area is 202 Å². The second-order valence-electron chi connectivity index (χ2n) is 11.6. The fraction of sp³-hybridized carbons (Fsp3) is 0.552. The number of ether oxygens (including phenoxy) is 1. The molecule has 0 saturated heterocycles. The molecule has 180 valence electrons. The molecule has 33 heavy (non-hydrogen) atoms. The third-order valence-electron chi connectivity index (χ3n) is 6.63. The molecule has 2 aromatic rings. The van der Waals surface area contributed by atoms with Crippen LogP contribution in [0.4, 0.5) is 0 Å². The molecule has 1 fully saturated rings. The first-order valence-electron chi connectivity index (χ1n) is 12.5. The minimum absolute atomic E-state index is 0.0213. The van der Waals surface area contributed by atoms with Crippen molar-refractivity contribution in [3.8, 4) is 0 Å². The Balaban J connectivity index is 1.60. The fourth-order valence-electron chi connectivity index (χ4n) is 4.93. The molecule has 0 aliphatic heterocycles. The number of hydrogen-bond donors (Lipinski definition) is 0. The maximum Gasteiger partial charge on any atom is 0.306 e. The van der Waals surface area contributed by atoms with E-state index in [9.17, 15) is 4.79 Å². The lowest BCUT2D eigenvalue weighted by atomic mass is 10.1. The van der Waals surface area contributed by atoms with Crippen molar-refractivity contribution in [2.24, 2.45) is 11.8 Å². The van der Waals surface area contributed by atoms with Crippen LogP contribution in [-0.2, 0) is 14.0 Å². The highest BCUT2D eigenvalue weighted by Crippen LogP contribution is 2.45. The van der Waals surface area contributed by atoms with Crippen LogP contribution in [0.1, 0.15) is 73.6 Å². The van der Waals surface area contributed by atoms with Crippen molar-refractivity contribution in [1.29, 1.82) is 0 Å². The van der Waals surface area contributed by atoms with E-state index in [1.54, 1.807) is 0 Å². The molecule has 0 heterocycles. The molecular weight excluding hydrogens is 424 g/mol. The lowest BCUT2D eigenvalue weighted by molar-refractivity contribution is -0.154. The SMILES string of the molecule is CC(C)(C)OC(=O)CCCC[C@H]1C[C@@H]1CO[Si](c1ccccc1)(c1ccccc1)C(C)(C)C. The number of carbonyl (C=O) groups is 1. The first kappa shape index (κ1) is 25.7. The van der Waals surface area contributed by atoms with Crippen LogP contribution in [0.3, 0.4) is 0 Å². The van der Waals surface area contributed by atoms with Crippen molar-refractivity contribution in [1.82, 2.24) is 0 Å². The Morgan fingerprint density at radius 1 is 0.848 bits per heavy atom. The van der Waals surface area contributed by atoms with Gasteiger partial charge in [-0.25, -0.2) is 0 Å². The zero-order valence-corrected chi connectivity index (χ0v) is 22.4. The maximum absolute atomic E-state index is 11.9. The van der Waals surface area contributed by atoms with E-state index in [0.717, 1.165) is 25.4 Å². The van der Waals surface area contributed by atoms with Gasteiger partial charge in [0.05, 0.1) is 0 Å². The van der Waals surface area contributed by atoms with E-state index >= 15 is 0 Å². The third kappa shape index (κ3) is 6.80. The van der Waals surface area contributed by atoms with Gasteiger partial charge >= 0.3 is 5.97 Å². The predicted octanol–water partition coefficient (Wildman–Crippen LogP) is 6.10. The molecule has 0 bridgehead atoms.